The molecule has 152 valence electrons. The van der Waals surface area contributed by atoms with Crippen LogP contribution in [0, 0.1) is 0 Å². The molecule has 0 unspecified atom stereocenters. The molecule has 0 aliphatic rings. The van der Waals surface area contributed by atoms with Gasteiger partial charge in [-0.25, -0.2) is 4.79 Å². The predicted octanol–water partition coefficient (Wildman–Crippen LogP) is 4.15. The van der Waals surface area contributed by atoms with Gasteiger partial charge < -0.3 is 10.1 Å². The van der Waals surface area contributed by atoms with E-state index in [1.165, 1.54) is 27.4 Å². The summed E-state index contributed by atoms with van der Waals surface area (Å²) in [6.45, 7) is 1.93. The Bertz CT molecular complexity index is 1310. The van der Waals surface area contributed by atoms with Gasteiger partial charge in [-0.1, -0.05) is 18.2 Å². The molecule has 4 rings (SSSR count). The second-order valence-corrected chi connectivity index (χ2v) is 8.15. The largest absolute Gasteiger partial charge is 0.462 e. The number of fused-ring (bicyclic) bond motifs is 1. The van der Waals surface area contributed by atoms with Crippen LogP contribution >= 0.6 is 22.7 Å². The van der Waals surface area contributed by atoms with Crippen LogP contribution in [-0.2, 0) is 11.8 Å². The quantitative estimate of drug-likeness (QED) is 0.472. The van der Waals surface area contributed by atoms with Crippen LogP contribution in [0.5, 0.6) is 0 Å². The first kappa shape index (κ1) is 20.0. The molecule has 3 aromatic heterocycles. The molecule has 1 aromatic carbocycles. The monoisotopic (exact) mass is 439 g/mol. The summed E-state index contributed by atoms with van der Waals surface area (Å²) in [7, 11) is 1.67. The number of thiophene rings is 2. The minimum Gasteiger partial charge on any atom is -0.462 e. The van der Waals surface area contributed by atoms with Crippen molar-refractivity contribution in [3.63, 3.8) is 0 Å². The highest BCUT2D eigenvalue weighted by Crippen LogP contribution is 2.38. The molecule has 1 amide bonds. The summed E-state index contributed by atoms with van der Waals surface area (Å²) in [4.78, 5) is 39.2. The molecular weight excluding hydrogens is 422 g/mol. The fraction of sp³-hybridized carbons (Fsp3) is 0.143. The molecule has 7 nitrogen and oxygen atoms in total. The Balaban J connectivity index is 1.76. The maximum atomic E-state index is 12.9. The van der Waals surface area contributed by atoms with Gasteiger partial charge in [0.25, 0.3) is 5.91 Å². The number of ether oxygens (including phenoxy) is 1. The number of hydrogen-bond acceptors (Lipinski definition) is 7. The lowest BCUT2D eigenvalue weighted by molar-refractivity contribution is 0.0529. The van der Waals surface area contributed by atoms with Gasteiger partial charge in [0.2, 0.25) is 5.43 Å². The molecule has 9 heteroatoms. The van der Waals surface area contributed by atoms with Crippen molar-refractivity contribution in [2.45, 2.75) is 6.92 Å². The summed E-state index contributed by atoms with van der Waals surface area (Å²) in [5, 5.41) is 11.3. The third kappa shape index (κ3) is 3.53. The SMILES string of the molecule is CCOC(=O)c1c(-c2cccs2)csc1NC(=O)c1nn(C)c2ccccc2c1=O. The molecule has 0 aliphatic carbocycles. The number of carbonyl (C=O) groups is 2. The van der Waals surface area contributed by atoms with E-state index in [0.717, 1.165) is 4.88 Å². The highest BCUT2D eigenvalue weighted by molar-refractivity contribution is 7.17. The average molecular weight is 440 g/mol. The Morgan fingerprint density at radius 1 is 1.17 bits per heavy atom. The van der Waals surface area contributed by atoms with E-state index in [0.29, 0.717) is 21.5 Å². The minimum atomic E-state index is -0.675. The molecule has 0 atom stereocenters. The van der Waals surface area contributed by atoms with Crippen LogP contribution in [0.3, 0.4) is 0 Å². The number of esters is 1. The fourth-order valence-electron chi connectivity index (χ4n) is 3.10. The topological polar surface area (TPSA) is 90.3 Å². The van der Waals surface area contributed by atoms with Gasteiger partial charge >= 0.3 is 5.97 Å². The van der Waals surface area contributed by atoms with Crippen LogP contribution in [0.4, 0.5) is 5.00 Å². The number of nitrogens with one attached hydrogen (secondary N) is 1. The number of nitrogens with zero attached hydrogens (tertiary/aromatic N) is 2. The van der Waals surface area contributed by atoms with Crippen LogP contribution in [-0.4, -0.2) is 28.3 Å². The zero-order valence-corrected chi connectivity index (χ0v) is 17.8. The Kier molecular flexibility index (Phi) is 5.47. The first-order valence-electron chi connectivity index (χ1n) is 9.11. The van der Waals surface area contributed by atoms with E-state index < -0.39 is 17.3 Å². The minimum absolute atomic E-state index is 0.207. The van der Waals surface area contributed by atoms with E-state index in [2.05, 4.69) is 10.4 Å². The number of amides is 1. The average Bonchev–Trinajstić information content (AvgIpc) is 3.40. The number of benzene rings is 1. The van der Waals surface area contributed by atoms with Gasteiger partial charge in [0, 0.05) is 28.3 Å². The first-order chi connectivity index (χ1) is 14.5. The van der Waals surface area contributed by atoms with Crippen molar-refractivity contribution in [3.8, 4) is 10.4 Å². The Morgan fingerprint density at radius 3 is 2.70 bits per heavy atom. The zero-order valence-electron chi connectivity index (χ0n) is 16.2. The number of aryl methyl sites for hydroxylation is 1. The lowest BCUT2D eigenvalue weighted by atomic mass is 10.1. The van der Waals surface area contributed by atoms with Gasteiger partial charge in [-0.15, -0.1) is 22.7 Å². The number of anilines is 1. The van der Waals surface area contributed by atoms with E-state index in [1.807, 2.05) is 17.5 Å². The smallest absolute Gasteiger partial charge is 0.341 e. The normalized spacial score (nSPS) is 10.9. The lowest BCUT2D eigenvalue weighted by Crippen LogP contribution is -2.26. The summed E-state index contributed by atoms with van der Waals surface area (Å²) >= 11 is 2.68. The van der Waals surface area contributed by atoms with E-state index >= 15 is 0 Å². The van der Waals surface area contributed by atoms with E-state index in [1.54, 1.807) is 43.6 Å². The molecule has 0 radical (unpaired) electrons. The van der Waals surface area contributed by atoms with Crippen LogP contribution in [0.2, 0.25) is 0 Å². The summed E-state index contributed by atoms with van der Waals surface area (Å²) in [6.07, 6.45) is 0. The molecule has 1 N–H and O–H groups in total. The summed E-state index contributed by atoms with van der Waals surface area (Å²) in [5.41, 5.74) is 0.881. The van der Waals surface area contributed by atoms with Crippen molar-refractivity contribution < 1.29 is 14.3 Å². The molecule has 3 heterocycles. The highest BCUT2D eigenvalue weighted by atomic mass is 32.1. The second-order valence-electron chi connectivity index (χ2n) is 6.32. The predicted molar refractivity (Wildman–Crippen MR) is 119 cm³/mol. The molecule has 0 saturated carbocycles. The van der Waals surface area contributed by atoms with Crippen molar-refractivity contribution in [3.05, 3.63) is 68.6 Å². The van der Waals surface area contributed by atoms with Gasteiger partial charge in [0.05, 0.1) is 12.1 Å². The van der Waals surface area contributed by atoms with Gasteiger partial charge in [0.15, 0.2) is 5.69 Å². The standard InChI is InChI=1S/C21H17N3O4S2/c1-3-28-21(27)16-13(15-9-6-10-29-15)11-30-20(16)22-19(26)17-18(25)12-7-4-5-8-14(12)24(2)23-17/h4-11H,3H2,1-2H3,(H,22,26). The maximum absolute atomic E-state index is 12.9. The number of hydrogen-bond donors (Lipinski definition) is 1. The number of carbonyl (C=O) groups excluding carboxylic acids is 2. The lowest BCUT2D eigenvalue weighted by Gasteiger charge is -2.09. The van der Waals surface area contributed by atoms with Crippen LogP contribution in [0.15, 0.2) is 52.0 Å². The van der Waals surface area contributed by atoms with Crippen molar-refractivity contribution in [2.24, 2.45) is 7.05 Å². The van der Waals surface area contributed by atoms with Crippen molar-refractivity contribution >= 4 is 50.5 Å². The summed E-state index contributed by atoms with van der Waals surface area (Å²) in [5.74, 6) is -1.21. The number of aromatic nitrogens is 2. The van der Waals surface area contributed by atoms with Crippen LogP contribution in [0.25, 0.3) is 21.3 Å². The van der Waals surface area contributed by atoms with E-state index in [-0.39, 0.29) is 17.9 Å². The molecule has 0 saturated heterocycles. The van der Waals surface area contributed by atoms with Gasteiger partial charge in [-0.05, 0) is 30.5 Å². The van der Waals surface area contributed by atoms with E-state index in [9.17, 15) is 14.4 Å². The molecule has 0 aliphatic heterocycles. The Hall–Kier alpha value is -3.30. The Morgan fingerprint density at radius 2 is 1.97 bits per heavy atom. The maximum Gasteiger partial charge on any atom is 0.341 e. The van der Waals surface area contributed by atoms with Crippen molar-refractivity contribution in [1.82, 2.24) is 9.78 Å². The fourth-order valence-corrected chi connectivity index (χ4v) is 4.87. The zero-order chi connectivity index (χ0) is 21.3. The van der Waals surface area contributed by atoms with E-state index in [4.69, 9.17) is 4.74 Å². The summed E-state index contributed by atoms with van der Waals surface area (Å²) in [6, 6.07) is 10.7. The van der Waals surface area contributed by atoms with Crippen LogP contribution in [0.1, 0.15) is 27.8 Å². The Labute approximate surface area is 179 Å². The molecule has 0 spiro atoms. The third-order valence-corrected chi connectivity index (χ3v) is 6.26. The molecule has 0 fully saturated rings. The molecular formula is C21H17N3O4S2. The second kappa shape index (κ2) is 8.21. The summed E-state index contributed by atoms with van der Waals surface area (Å²) < 4.78 is 6.68. The van der Waals surface area contributed by atoms with Gasteiger partial charge in [-0.2, -0.15) is 5.10 Å². The van der Waals surface area contributed by atoms with Crippen molar-refractivity contribution in [1.29, 1.82) is 0 Å². The molecule has 4 aromatic rings. The molecule has 30 heavy (non-hydrogen) atoms. The van der Waals surface area contributed by atoms with Crippen LogP contribution < -0.4 is 10.7 Å². The molecule has 0 bridgehead atoms. The van der Waals surface area contributed by atoms with Gasteiger partial charge in [-0.3, -0.25) is 14.3 Å². The number of rotatable bonds is 5. The third-order valence-electron chi connectivity index (χ3n) is 4.46. The highest BCUT2D eigenvalue weighted by Gasteiger charge is 2.25. The van der Waals surface area contributed by atoms with Gasteiger partial charge in [0.1, 0.15) is 10.6 Å². The first-order valence-corrected chi connectivity index (χ1v) is 10.9. The van der Waals surface area contributed by atoms with Crippen molar-refractivity contribution in [2.75, 3.05) is 11.9 Å². The number of para-hydroxylation sites is 1.